The maximum atomic E-state index is 11.2. The zero-order valence-electron chi connectivity index (χ0n) is 20.5. The first-order valence-corrected chi connectivity index (χ1v) is 12.1. The van der Waals surface area contributed by atoms with E-state index in [0.29, 0.717) is 5.92 Å². The van der Waals surface area contributed by atoms with Crippen LogP contribution >= 0.6 is 0 Å². The van der Waals surface area contributed by atoms with Crippen molar-refractivity contribution in [2.24, 2.45) is 5.92 Å². The van der Waals surface area contributed by atoms with Crippen molar-refractivity contribution in [3.8, 4) is 5.75 Å². The maximum Gasteiger partial charge on any atom is 0.458 e. The Labute approximate surface area is 215 Å². The minimum absolute atomic E-state index is 0.672. The predicted molar refractivity (Wildman–Crippen MR) is 129 cm³/mol. The highest BCUT2D eigenvalue weighted by Gasteiger charge is 2.54. The molecule has 0 radical (unpaired) electrons. The van der Waals surface area contributed by atoms with E-state index in [9.17, 15) is 35.9 Å². The lowest BCUT2D eigenvalue weighted by molar-refractivity contribution is -0.193. The number of ketones is 2. The molecule has 0 aliphatic carbocycles. The van der Waals surface area contributed by atoms with Gasteiger partial charge in [-0.3, -0.25) is 9.59 Å². The number of aryl methyl sites for hydroxylation is 1. The van der Waals surface area contributed by atoms with Crippen LogP contribution in [0.3, 0.4) is 0 Å². The number of benzene rings is 2. The number of methoxy groups -OCH3 is 1. The first-order chi connectivity index (χ1) is 17.9. The molecule has 1 fully saturated rings. The Kier molecular flexibility index (Phi) is 7.91. The van der Waals surface area contributed by atoms with Gasteiger partial charge in [0.1, 0.15) is 5.75 Å². The number of alkyl halides is 6. The molecule has 2 atom stereocenters. The number of nitrogens with zero attached hydrogens (tertiary/aromatic N) is 1. The number of nitrogens with one attached hydrogen (secondary N) is 2. The fourth-order valence-corrected chi connectivity index (χ4v) is 5.31. The number of hydrogen-bond donors (Lipinski definition) is 2. The van der Waals surface area contributed by atoms with Crippen LogP contribution in [0.15, 0.2) is 36.4 Å². The maximum absolute atomic E-state index is 11.2. The number of halogens is 6. The van der Waals surface area contributed by atoms with Crippen LogP contribution in [-0.2, 0) is 22.6 Å². The van der Waals surface area contributed by atoms with E-state index < -0.39 is 23.9 Å². The van der Waals surface area contributed by atoms with Gasteiger partial charge in [0, 0.05) is 55.6 Å². The number of hydrogen-bond acceptors (Lipinski definition) is 6. The predicted octanol–water partition coefficient (Wildman–Crippen LogP) is 4.63. The van der Waals surface area contributed by atoms with Gasteiger partial charge in [-0.05, 0) is 48.1 Å². The van der Waals surface area contributed by atoms with Crippen molar-refractivity contribution in [2.45, 2.75) is 37.7 Å². The molecule has 0 amide bonds. The second-order valence-corrected chi connectivity index (χ2v) is 9.47. The van der Waals surface area contributed by atoms with E-state index in [1.54, 1.807) is 18.4 Å². The van der Waals surface area contributed by atoms with Crippen LogP contribution in [0.4, 0.5) is 37.7 Å². The fourth-order valence-electron chi connectivity index (χ4n) is 5.31. The summed E-state index contributed by atoms with van der Waals surface area (Å²) in [5.74, 6) is -4.43. The van der Waals surface area contributed by atoms with Gasteiger partial charge < -0.3 is 20.3 Å². The Morgan fingerprint density at radius 1 is 1.05 bits per heavy atom. The summed E-state index contributed by atoms with van der Waals surface area (Å²) in [5.41, 5.74) is 7.08. The van der Waals surface area contributed by atoms with Crippen molar-refractivity contribution in [3.63, 3.8) is 0 Å². The number of ether oxygens (including phenoxy) is 1. The second-order valence-electron chi connectivity index (χ2n) is 9.47. The molecular weight excluding hydrogens is 516 g/mol. The van der Waals surface area contributed by atoms with Gasteiger partial charge in [0.25, 0.3) is 0 Å². The summed E-state index contributed by atoms with van der Waals surface area (Å²) in [6.07, 6.45) is -9.07. The summed E-state index contributed by atoms with van der Waals surface area (Å²) in [4.78, 5) is 21.9. The highest BCUT2D eigenvalue weighted by molar-refractivity contribution is 6.41. The summed E-state index contributed by atoms with van der Waals surface area (Å²) in [5, 5.41) is 7.28. The molecule has 12 heteroatoms. The monoisotopic (exact) mass is 543 g/mol. The van der Waals surface area contributed by atoms with Crippen LogP contribution in [0.25, 0.3) is 0 Å². The summed E-state index contributed by atoms with van der Waals surface area (Å²) in [6, 6.07) is 13.0. The van der Waals surface area contributed by atoms with Gasteiger partial charge in [-0.1, -0.05) is 18.2 Å². The van der Waals surface area contributed by atoms with Gasteiger partial charge in [0.15, 0.2) is 0 Å². The van der Waals surface area contributed by atoms with E-state index in [1.165, 1.54) is 42.7 Å². The smallest absolute Gasteiger partial charge is 0.458 e. The molecule has 6 nitrogen and oxygen atoms in total. The van der Waals surface area contributed by atoms with E-state index in [1.807, 2.05) is 12.1 Å². The van der Waals surface area contributed by atoms with E-state index in [4.69, 9.17) is 4.74 Å². The number of fused-ring (bicyclic) bond motifs is 2. The third-order valence-corrected chi connectivity index (χ3v) is 7.00. The topological polar surface area (TPSA) is 70.7 Å². The van der Waals surface area contributed by atoms with Crippen molar-refractivity contribution in [1.29, 1.82) is 0 Å². The van der Waals surface area contributed by atoms with Crippen LogP contribution in [0.5, 0.6) is 5.75 Å². The average molecular weight is 544 g/mol. The van der Waals surface area contributed by atoms with E-state index >= 15 is 0 Å². The lowest BCUT2D eigenvalue weighted by Gasteiger charge is -2.42. The minimum atomic E-state index is -5.77. The van der Waals surface area contributed by atoms with E-state index in [-0.39, 0.29) is 0 Å². The first-order valence-electron chi connectivity index (χ1n) is 12.1. The van der Waals surface area contributed by atoms with Gasteiger partial charge >= 0.3 is 23.9 Å². The van der Waals surface area contributed by atoms with Crippen LogP contribution in [0.1, 0.15) is 29.0 Å². The molecule has 0 unspecified atom stereocenters. The van der Waals surface area contributed by atoms with Gasteiger partial charge in [0.05, 0.1) is 7.11 Å². The number of carbonyl (C=O) groups is 2. The highest BCUT2D eigenvalue weighted by atomic mass is 19.4. The number of para-hydroxylation sites is 1. The summed E-state index contributed by atoms with van der Waals surface area (Å²) < 4.78 is 72.5. The first kappa shape index (κ1) is 27.7. The molecular formula is C26H27F6N3O3. The highest BCUT2D eigenvalue weighted by Crippen LogP contribution is 2.45. The average Bonchev–Trinajstić information content (AvgIpc) is 3.35. The molecule has 1 saturated heterocycles. The van der Waals surface area contributed by atoms with E-state index in [2.05, 4.69) is 39.8 Å². The second kappa shape index (κ2) is 10.8. The van der Waals surface area contributed by atoms with Gasteiger partial charge in [-0.25, -0.2) is 0 Å². The Balaban J connectivity index is 0.000000240. The SMILES string of the molecule is COc1ccccc1CNc1cc2c3c(c1)[C@@H]1CNC[C@@H]1CN3CCC2.O=C(C(=O)C(F)(F)F)C(F)(F)F. The molecule has 0 saturated carbocycles. The standard InChI is InChI=1S/C22H27N3O.C4F6O2/c1-26-21-7-3-2-5-16(21)12-24-18-9-15-6-4-8-25-14-17-11-23-13-20(17)19(10-18)22(15)25;5-3(6,7)1(11)2(12)4(8,9)10/h2-3,5,7,9-10,17,20,23-24H,4,6,8,11-14H2,1H3;/t17-,20-;/m1./s1. The van der Waals surface area contributed by atoms with Gasteiger partial charge in [-0.2, -0.15) is 26.3 Å². The van der Waals surface area contributed by atoms with Crippen molar-refractivity contribution in [1.82, 2.24) is 5.32 Å². The molecule has 2 N–H and O–H groups in total. The quantitative estimate of drug-likeness (QED) is 0.424. The van der Waals surface area contributed by atoms with Crippen molar-refractivity contribution in [2.75, 3.05) is 43.5 Å². The van der Waals surface area contributed by atoms with E-state index in [0.717, 1.165) is 31.3 Å². The van der Waals surface area contributed by atoms with Crippen molar-refractivity contribution >= 4 is 22.9 Å². The van der Waals surface area contributed by atoms with Crippen LogP contribution < -0.4 is 20.3 Å². The molecule has 3 heterocycles. The molecule has 2 aromatic carbocycles. The van der Waals surface area contributed by atoms with Gasteiger partial charge in [-0.15, -0.1) is 0 Å². The zero-order valence-corrected chi connectivity index (χ0v) is 20.5. The number of anilines is 2. The number of carbonyl (C=O) groups excluding carboxylic acids is 2. The summed E-state index contributed by atoms with van der Waals surface area (Å²) in [6.45, 7) is 5.52. The Bertz CT molecular complexity index is 1170. The lowest BCUT2D eigenvalue weighted by Crippen LogP contribution is -2.41. The molecule has 38 heavy (non-hydrogen) atoms. The van der Waals surface area contributed by atoms with Crippen LogP contribution in [-0.4, -0.2) is 57.2 Å². The molecule has 0 aromatic heterocycles. The van der Waals surface area contributed by atoms with Gasteiger partial charge in [0.2, 0.25) is 0 Å². The number of rotatable bonds is 5. The molecule has 2 aromatic rings. The molecule has 5 rings (SSSR count). The van der Waals surface area contributed by atoms with Crippen molar-refractivity contribution < 1.29 is 40.7 Å². The van der Waals surface area contributed by atoms with Crippen LogP contribution in [0.2, 0.25) is 0 Å². The zero-order chi connectivity index (χ0) is 27.7. The van der Waals surface area contributed by atoms with Crippen LogP contribution in [0, 0.1) is 5.92 Å². The third-order valence-electron chi connectivity index (χ3n) is 7.00. The lowest BCUT2D eigenvalue weighted by atomic mass is 9.80. The minimum Gasteiger partial charge on any atom is -0.496 e. The molecule has 0 spiro atoms. The molecule has 3 aliphatic rings. The summed E-state index contributed by atoms with van der Waals surface area (Å²) in [7, 11) is 1.74. The molecule has 0 bridgehead atoms. The third kappa shape index (κ3) is 5.90. The fraction of sp³-hybridized carbons (Fsp3) is 0.462. The number of Topliss-reactive ketones (excluding diaryl/α,β-unsaturated/α-hetero) is 2. The Hall–Kier alpha value is -3.28. The molecule has 3 aliphatic heterocycles. The summed E-state index contributed by atoms with van der Waals surface area (Å²) >= 11 is 0. The normalized spacial score (nSPS) is 20.0. The Morgan fingerprint density at radius 2 is 1.74 bits per heavy atom. The Morgan fingerprint density at radius 3 is 2.39 bits per heavy atom. The largest absolute Gasteiger partial charge is 0.496 e. The van der Waals surface area contributed by atoms with Crippen molar-refractivity contribution in [3.05, 3.63) is 53.1 Å². The molecule has 206 valence electrons.